The van der Waals surface area contributed by atoms with Crippen LogP contribution >= 0.6 is 0 Å². The number of benzene rings is 3. The Morgan fingerprint density at radius 2 is 1.83 bits per heavy atom. The first-order valence-corrected chi connectivity index (χ1v) is 9.30. The summed E-state index contributed by atoms with van der Waals surface area (Å²) in [6.07, 6.45) is 5.22. The van der Waals surface area contributed by atoms with E-state index >= 15 is 0 Å². The molecule has 0 fully saturated rings. The monoisotopic (exact) mass is 400 g/mol. The lowest BCUT2D eigenvalue weighted by Crippen LogP contribution is -2.09. The molecule has 3 aromatic rings. The minimum absolute atomic E-state index is 0.0959. The largest absolute Gasteiger partial charge is 0.452 e. The van der Waals surface area contributed by atoms with Crippen LogP contribution in [-0.2, 0) is 0 Å². The Morgan fingerprint density at radius 3 is 2.60 bits per heavy atom. The lowest BCUT2D eigenvalue weighted by molar-refractivity contribution is 0.0732. The van der Waals surface area contributed by atoms with Gasteiger partial charge in [-0.1, -0.05) is 48.6 Å². The van der Waals surface area contributed by atoms with Crippen LogP contribution in [0.1, 0.15) is 31.8 Å². The highest BCUT2D eigenvalue weighted by molar-refractivity contribution is 6.13. The van der Waals surface area contributed by atoms with Crippen LogP contribution in [-0.4, -0.2) is 11.8 Å². The van der Waals surface area contributed by atoms with E-state index in [9.17, 15) is 14.0 Å². The van der Waals surface area contributed by atoms with E-state index < -0.39 is 11.8 Å². The first kappa shape index (κ1) is 19.3. The molecule has 0 saturated heterocycles. The van der Waals surface area contributed by atoms with Gasteiger partial charge >= 0.3 is 5.97 Å². The van der Waals surface area contributed by atoms with Gasteiger partial charge in [0.15, 0.2) is 5.76 Å². The van der Waals surface area contributed by atoms with Gasteiger partial charge in [0.25, 0.3) is 0 Å². The Labute approximate surface area is 172 Å². The second kappa shape index (κ2) is 8.17. The Morgan fingerprint density at radius 1 is 1.03 bits per heavy atom. The molecule has 0 spiro atoms. The molecule has 0 N–H and O–H groups in total. The third-order valence-electron chi connectivity index (χ3n) is 4.64. The summed E-state index contributed by atoms with van der Waals surface area (Å²) in [5.41, 5.74) is 2.01. The van der Waals surface area contributed by atoms with E-state index in [-0.39, 0.29) is 22.9 Å². The zero-order chi connectivity index (χ0) is 21.1. The minimum Gasteiger partial charge on any atom is -0.452 e. The second-order valence-electron chi connectivity index (χ2n) is 6.70. The molecule has 0 bridgehead atoms. The van der Waals surface area contributed by atoms with Gasteiger partial charge in [-0.2, -0.15) is 0 Å². The third kappa shape index (κ3) is 3.91. The molecule has 148 valence electrons. The predicted molar refractivity (Wildman–Crippen MR) is 111 cm³/mol. The molecule has 0 aliphatic carbocycles. The van der Waals surface area contributed by atoms with E-state index in [0.717, 1.165) is 11.6 Å². The van der Waals surface area contributed by atoms with E-state index in [1.165, 1.54) is 24.3 Å². The number of Topliss-reactive ketones (excluding diaryl/α,β-unsaturated/α-hetero) is 1. The number of ether oxygens (including phenoxy) is 2. The molecule has 4 rings (SSSR count). The maximum absolute atomic E-state index is 13.3. The van der Waals surface area contributed by atoms with Gasteiger partial charge in [-0.15, -0.1) is 0 Å². The van der Waals surface area contributed by atoms with Gasteiger partial charge in [0.1, 0.15) is 17.3 Å². The van der Waals surface area contributed by atoms with E-state index in [2.05, 4.69) is 0 Å². The summed E-state index contributed by atoms with van der Waals surface area (Å²) >= 11 is 0. The predicted octanol–water partition coefficient (Wildman–Crippen LogP) is 5.53. The smallest absolute Gasteiger partial charge is 0.343 e. The van der Waals surface area contributed by atoms with Crippen molar-refractivity contribution >= 4 is 17.8 Å². The normalized spacial score (nSPS) is 14.1. The average molecular weight is 400 g/mol. The molecule has 0 radical (unpaired) electrons. The van der Waals surface area contributed by atoms with Gasteiger partial charge in [0, 0.05) is 5.56 Å². The molecule has 1 aliphatic rings. The molecule has 3 aromatic carbocycles. The molecule has 5 heteroatoms. The van der Waals surface area contributed by atoms with Crippen LogP contribution in [0.4, 0.5) is 4.39 Å². The highest BCUT2D eigenvalue weighted by Gasteiger charge is 2.30. The summed E-state index contributed by atoms with van der Waals surface area (Å²) in [5.74, 6) is -0.672. The van der Waals surface area contributed by atoms with Crippen LogP contribution < -0.4 is 9.47 Å². The summed E-state index contributed by atoms with van der Waals surface area (Å²) in [4.78, 5) is 24.9. The number of ketones is 1. The topological polar surface area (TPSA) is 52.6 Å². The lowest BCUT2D eigenvalue weighted by Gasteiger charge is -2.10. The molecular weight excluding hydrogens is 383 g/mol. The van der Waals surface area contributed by atoms with Crippen LogP contribution in [0, 0.1) is 12.7 Å². The fourth-order valence-electron chi connectivity index (χ4n) is 3.08. The van der Waals surface area contributed by atoms with Gasteiger partial charge < -0.3 is 9.47 Å². The van der Waals surface area contributed by atoms with Crippen molar-refractivity contribution < 1.29 is 23.5 Å². The number of fused-ring (bicyclic) bond motifs is 1. The van der Waals surface area contributed by atoms with Crippen molar-refractivity contribution in [2.24, 2.45) is 0 Å². The van der Waals surface area contributed by atoms with Gasteiger partial charge in [0.05, 0.1) is 11.1 Å². The molecule has 30 heavy (non-hydrogen) atoms. The number of esters is 1. The Kier molecular flexibility index (Phi) is 5.26. The second-order valence-corrected chi connectivity index (χ2v) is 6.70. The van der Waals surface area contributed by atoms with E-state index in [1.807, 2.05) is 36.4 Å². The Hall–Kier alpha value is -3.99. The van der Waals surface area contributed by atoms with E-state index in [4.69, 9.17) is 9.47 Å². The number of hydrogen-bond acceptors (Lipinski definition) is 4. The van der Waals surface area contributed by atoms with Crippen LogP contribution in [0.15, 0.2) is 84.6 Å². The molecule has 0 unspecified atom stereocenters. The fraction of sp³-hybridized carbons (Fsp3) is 0.0400. The van der Waals surface area contributed by atoms with Crippen LogP contribution in [0.5, 0.6) is 11.5 Å². The van der Waals surface area contributed by atoms with Gasteiger partial charge in [-0.3, -0.25) is 4.79 Å². The highest BCUT2D eigenvalue weighted by Crippen LogP contribution is 2.39. The SMILES string of the molecule is Cc1c(OC(=O)c2cccc(F)c2)ccc2c1O/C(=C\C=C\c1ccccc1)C2=O. The van der Waals surface area contributed by atoms with Crippen molar-refractivity contribution in [2.45, 2.75) is 6.92 Å². The fourth-order valence-corrected chi connectivity index (χ4v) is 3.08. The lowest BCUT2D eigenvalue weighted by atomic mass is 10.1. The number of allylic oxidation sites excluding steroid dienone is 3. The number of rotatable bonds is 4. The molecule has 0 aromatic heterocycles. The molecule has 1 heterocycles. The first-order valence-electron chi connectivity index (χ1n) is 9.30. The standard InChI is InChI=1S/C25H17FO4/c1-16-21(30-25(28)18-10-6-11-19(26)15-18)14-13-20-23(27)22(29-24(16)20)12-5-9-17-7-3-2-4-8-17/h2-15H,1H3/b9-5+,22-12-. The van der Waals surface area contributed by atoms with Gasteiger partial charge in [0.2, 0.25) is 5.78 Å². The van der Waals surface area contributed by atoms with Crippen molar-refractivity contribution in [3.05, 3.63) is 113 Å². The van der Waals surface area contributed by atoms with Gasteiger partial charge in [-0.25, -0.2) is 9.18 Å². The summed E-state index contributed by atoms with van der Waals surface area (Å²) < 4.78 is 24.5. The molecule has 1 aliphatic heterocycles. The van der Waals surface area contributed by atoms with Crippen LogP contribution in [0.3, 0.4) is 0 Å². The molecule has 4 nitrogen and oxygen atoms in total. The van der Waals surface area contributed by atoms with Crippen molar-refractivity contribution in [1.29, 1.82) is 0 Å². The van der Waals surface area contributed by atoms with Crippen molar-refractivity contribution in [3.63, 3.8) is 0 Å². The molecule has 0 amide bonds. The first-order chi connectivity index (χ1) is 14.5. The Balaban J connectivity index is 1.55. The minimum atomic E-state index is -0.691. The number of carbonyl (C=O) groups is 2. The maximum Gasteiger partial charge on any atom is 0.343 e. The summed E-state index contributed by atoms with van der Waals surface area (Å²) in [6.45, 7) is 1.70. The quantitative estimate of drug-likeness (QED) is 0.328. The molecule has 0 saturated carbocycles. The third-order valence-corrected chi connectivity index (χ3v) is 4.64. The van der Waals surface area contributed by atoms with Crippen molar-refractivity contribution in [2.75, 3.05) is 0 Å². The summed E-state index contributed by atoms with van der Waals surface area (Å²) in [5, 5.41) is 0. The van der Waals surface area contributed by atoms with Crippen LogP contribution in [0.25, 0.3) is 6.08 Å². The highest BCUT2D eigenvalue weighted by atomic mass is 19.1. The van der Waals surface area contributed by atoms with Gasteiger partial charge in [-0.05, 0) is 48.9 Å². The van der Waals surface area contributed by atoms with E-state index in [1.54, 1.807) is 25.1 Å². The zero-order valence-corrected chi connectivity index (χ0v) is 16.1. The number of hydrogen-bond donors (Lipinski definition) is 0. The Bertz CT molecular complexity index is 1190. The average Bonchev–Trinajstić information content (AvgIpc) is 3.07. The zero-order valence-electron chi connectivity index (χ0n) is 16.1. The van der Waals surface area contributed by atoms with E-state index in [0.29, 0.717) is 16.9 Å². The molecular formula is C25H17FO4. The number of halogens is 1. The van der Waals surface area contributed by atoms with Crippen molar-refractivity contribution in [1.82, 2.24) is 0 Å². The summed E-state index contributed by atoms with van der Waals surface area (Å²) in [7, 11) is 0. The van der Waals surface area contributed by atoms with Crippen LogP contribution in [0.2, 0.25) is 0 Å². The number of carbonyl (C=O) groups excluding carboxylic acids is 2. The van der Waals surface area contributed by atoms with Crippen molar-refractivity contribution in [3.8, 4) is 11.5 Å². The summed E-state index contributed by atoms with van der Waals surface area (Å²) in [6, 6.07) is 18.0. The maximum atomic E-state index is 13.3. The molecule has 0 atom stereocenters.